The monoisotopic (exact) mass is 327 g/mol. The Hall–Kier alpha value is -2.97. The van der Waals surface area contributed by atoms with Crippen LogP contribution in [0, 0.1) is 0 Å². The van der Waals surface area contributed by atoms with Gasteiger partial charge in [-0.25, -0.2) is 14.8 Å². The number of amides is 1. The molecule has 9 heteroatoms. The minimum Gasteiger partial charge on any atom is -0.335 e. The van der Waals surface area contributed by atoms with Gasteiger partial charge in [-0.3, -0.25) is 14.0 Å². The number of hydrogen-bond acceptors (Lipinski definition) is 5. The average molecular weight is 327 g/mol. The lowest BCUT2D eigenvalue weighted by Crippen LogP contribution is -2.31. The van der Waals surface area contributed by atoms with Crippen LogP contribution >= 0.6 is 0 Å². The first-order valence-electron chi connectivity index (χ1n) is 7.90. The Morgan fingerprint density at radius 2 is 2.33 bits per heavy atom. The molecule has 0 unspecified atom stereocenters. The maximum atomic E-state index is 12.6. The van der Waals surface area contributed by atoms with E-state index in [4.69, 9.17) is 0 Å². The quantitative estimate of drug-likeness (QED) is 0.751. The van der Waals surface area contributed by atoms with Crippen LogP contribution < -0.4 is 5.69 Å². The zero-order valence-electron chi connectivity index (χ0n) is 13.2. The van der Waals surface area contributed by atoms with E-state index in [9.17, 15) is 9.59 Å². The minimum absolute atomic E-state index is 0.0987. The predicted molar refractivity (Wildman–Crippen MR) is 85.6 cm³/mol. The molecule has 9 nitrogen and oxygen atoms in total. The van der Waals surface area contributed by atoms with Gasteiger partial charge in [0.05, 0.1) is 12.2 Å². The smallest absolute Gasteiger partial charge is 0.328 e. The molecule has 0 aliphatic carbocycles. The van der Waals surface area contributed by atoms with Crippen LogP contribution in [0.25, 0.3) is 11.2 Å². The van der Waals surface area contributed by atoms with Gasteiger partial charge in [-0.2, -0.15) is 5.10 Å². The number of H-pyrrole nitrogens is 1. The number of aryl methyl sites for hydroxylation is 1. The summed E-state index contributed by atoms with van der Waals surface area (Å²) in [6.07, 6.45) is 5.50. The van der Waals surface area contributed by atoms with Crippen molar-refractivity contribution in [3.8, 4) is 0 Å². The lowest BCUT2D eigenvalue weighted by Gasteiger charge is -2.15. The topological polar surface area (TPSA) is 102 Å². The molecule has 124 valence electrons. The van der Waals surface area contributed by atoms with Crippen molar-refractivity contribution in [3.63, 3.8) is 0 Å². The second-order valence-corrected chi connectivity index (χ2v) is 5.81. The fourth-order valence-corrected chi connectivity index (χ4v) is 3.16. The zero-order valence-corrected chi connectivity index (χ0v) is 13.2. The molecule has 4 rings (SSSR count). The third-order valence-corrected chi connectivity index (χ3v) is 4.38. The largest absolute Gasteiger partial charge is 0.335 e. The van der Waals surface area contributed by atoms with E-state index in [1.54, 1.807) is 32.6 Å². The highest BCUT2D eigenvalue weighted by Crippen LogP contribution is 2.24. The summed E-state index contributed by atoms with van der Waals surface area (Å²) < 4.78 is 3.34. The van der Waals surface area contributed by atoms with Crippen molar-refractivity contribution in [1.29, 1.82) is 0 Å². The molecule has 0 radical (unpaired) electrons. The van der Waals surface area contributed by atoms with Crippen molar-refractivity contribution in [1.82, 2.24) is 34.2 Å². The molecule has 0 aromatic carbocycles. The Kier molecular flexibility index (Phi) is 3.40. The number of aromatic nitrogens is 6. The summed E-state index contributed by atoms with van der Waals surface area (Å²) in [7, 11) is 0. The lowest BCUT2D eigenvalue weighted by atomic mass is 10.2. The number of nitrogens with one attached hydrogen (secondary N) is 1. The fraction of sp³-hybridized carbons (Fsp3) is 0.400. The van der Waals surface area contributed by atoms with Gasteiger partial charge in [0.2, 0.25) is 0 Å². The number of rotatable bonds is 3. The van der Waals surface area contributed by atoms with Crippen molar-refractivity contribution in [2.45, 2.75) is 25.9 Å². The number of fused-ring (bicyclic) bond motifs is 1. The molecular weight excluding hydrogens is 310 g/mol. The molecular formula is C15H17N7O2. The lowest BCUT2D eigenvalue weighted by molar-refractivity contribution is 0.0781. The summed E-state index contributed by atoms with van der Waals surface area (Å²) in [6.45, 7) is 3.75. The molecule has 24 heavy (non-hydrogen) atoms. The summed E-state index contributed by atoms with van der Waals surface area (Å²) in [4.78, 5) is 37.4. The summed E-state index contributed by atoms with van der Waals surface area (Å²) in [5, 5.41) is 4.26. The highest BCUT2D eigenvalue weighted by atomic mass is 16.2. The highest BCUT2D eigenvalue weighted by molar-refractivity contribution is 5.92. The number of hydrogen-bond donors (Lipinski definition) is 1. The first-order valence-corrected chi connectivity index (χ1v) is 7.90. The van der Waals surface area contributed by atoms with Gasteiger partial charge < -0.3 is 9.88 Å². The Balaban J connectivity index is 1.59. The molecule has 1 N–H and O–H groups in total. The maximum absolute atomic E-state index is 12.6. The minimum atomic E-state index is -0.222. The van der Waals surface area contributed by atoms with Gasteiger partial charge in [-0.05, 0) is 19.4 Å². The van der Waals surface area contributed by atoms with Crippen molar-refractivity contribution in [3.05, 3.63) is 41.0 Å². The molecule has 1 saturated heterocycles. The number of carbonyl (C=O) groups is 1. The molecule has 1 aliphatic heterocycles. The van der Waals surface area contributed by atoms with Gasteiger partial charge in [0.15, 0.2) is 5.65 Å². The SMILES string of the molecule is CCn1ccc(C(=O)N2CC[C@H](n3c(=O)[nH]c4cncnc43)C2)n1. The molecule has 3 aromatic heterocycles. The molecule has 1 aliphatic rings. The Labute approximate surface area is 136 Å². The van der Waals surface area contributed by atoms with Crippen molar-refractivity contribution in [2.75, 3.05) is 13.1 Å². The number of nitrogens with zero attached hydrogens (tertiary/aromatic N) is 6. The molecule has 0 saturated carbocycles. The summed E-state index contributed by atoms with van der Waals surface area (Å²) >= 11 is 0. The second kappa shape index (κ2) is 5.59. The van der Waals surface area contributed by atoms with Crippen LogP contribution in [0.5, 0.6) is 0 Å². The number of carbonyl (C=O) groups excluding carboxylic acids is 1. The fourth-order valence-electron chi connectivity index (χ4n) is 3.16. The van der Waals surface area contributed by atoms with E-state index < -0.39 is 0 Å². The Bertz CT molecular complexity index is 954. The maximum Gasteiger partial charge on any atom is 0.328 e. The normalized spacial score (nSPS) is 17.7. The van der Waals surface area contributed by atoms with E-state index in [1.165, 1.54) is 6.33 Å². The van der Waals surface area contributed by atoms with Gasteiger partial charge in [0, 0.05) is 25.8 Å². The standard InChI is InChI=1S/C15H17N7O2/c1-2-21-6-4-11(19-21)14(23)20-5-3-10(8-20)22-13-12(18-15(22)24)7-16-9-17-13/h4,6-7,9-10H,2-3,5,8H2,1H3,(H,18,24)/t10-/m0/s1. The van der Waals surface area contributed by atoms with E-state index in [2.05, 4.69) is 20.1 Å². The second-order valence-electron chi connectivity index (χ2n) is 5.81. The molecule has 1 atom stereocenters. The van der Waals surface area contributed by atoms with E-state index in [0.29, 0.717) is 36.4 Å². The van der Waals surface area contributed by atoms with Crippen LogP contribution in [0.15, 0.2) is 29.6 Å². The van der Waals surface area contributed by atoms with E-state index in [0.717, 1.165) is 6.54 Å². The molecule has 1 fully saturated rings. The van der Waals surface area contributed by atoms with Gasteiger partial charge in [-0.1, -0.05) is 0 Å². The third-order valence-electron chi connectivity index (χ3n) is 4.38. The zero-order chi connectivity index (χ0) is 16.7. The Morgan fingerprint density at radius 3 is 3.12 bits per heavy atom. The molecule has 0 spiro atoms. The summed E-state index contributed by atoms with van der Waals surface area (Å²) in [5.41, 5.74) is 1.39. The van der Waals surface area contributed by atoms with Crippen LogP contribution in [-0.4, -0.2) is 53.2 Å². The van der Waals surface area contributed by atoms with Crippen molar-refractivity contribution < 1.29 is 4.79 Å². The van der Waals surface area contributed by atoms with E-state index >= 15 is 0 Å². The average Bonchev–Trinajstić information content (AvgIpc) is 3.31. The first kappa shape index (κ1) is 14.6. The van der Waals surface area contributed by atoms with Gasteiger partial charge in [0.1, 0.15) is 17.5 Å². The van der Waals surface area contributed by atoms with Crippen LogP contribution in [0.2, 0.25) is 0 Å². The van der Waals surface area contributed by atoms with Gasteiger partial charge >= 0.3 is 5.69 Å². The predicted octanol–water partition coefficient (Wildman–Crippen LogP) is 0.423. The molecule has 0 bridgehead atoms. The van der Waals surface area contributed by atoms with Gasteiger partial charge in [-0.15, -0.1) is 0 Å². The summed E-state index contributed by atoms with van der Waals surface area (Å²) in [6, 6.07) is 1.63. The van der Waals surface area contributed by atoms with Crippen LogP contribution in [-0.2, 0) is 6.54 Å². The van der Waals surface area contributed by atoms with E-state index in [1.807, 2.05) is 6.92 Å². The van der Waals surface area contributed by atoms with Gasteiger partial charge in [0.25, 0.3) is 5.91 Å². The highest BCUT2D eigenvalue weighted by Gasteiger charge is 2.31. The number of likely N-dealkylation sites (tertiary alicyclic amines) is 1. The molecule has 1 amide bonds. The first-order chi connectivity index (χ1) is 11.7. The van der Waals surface area contributed by atoms with Crippen LogP contribution in [0.4, 0.5) is 0 Å². The van der Waals surface area contributed by atoms with Crippen molar-refractivity contribution >= 4 is 17.1 Å². The van der Waals surface area contributed by atoms with Crippen LogP contribution in [0.3, 0.4) is 0 Å². The van der Waals surface area contributed by atoms with Crippen LogP contribution in [0.1, 0.15) is 29.9 Å². The third kappa shape index (κ3) is 2.29. The molecule has 4 heterocycles. The Morgan fingerprint density at radius 1 is 1.46 bits per heavy atom. The van der Waals surface area contributed by atoms with Crippen molar-refractivity contribution in [2.24, 2.45) is 0 Å². The van der Waals surface area contributed by atoms with E-state index in [-0.39, 0.29) is 17.6 Å². The molecule has 3 aromatic rings. The number of imidazole rings is 1. The number of aromatic amines is 1. The summed E-state index contributed by atoms with van der Waals surface area (Å²) in [5.74, 6) is -0.104.